The summed E-state index contributed by atoms with van der Waals surface area (Å²) < 4.78 is 0. The summed E-state index contributed by atoms with van der Waals surface area (Å²) >= 11 is 0. The third-order valence-electron chi connectivity index (χ3n) is 2.41. The van der Waals surface area contributed by atoms with Gasteiger partial charge in [0.25, 0.3) is 0 Å². The first-order chi connectivity index (χ1) is 6.18. The summed E-state index contributed by atoms with van der Waals surface area (Å²) in [7, 11) is 0. The van der Waals surface area contributed by atoms with Crippen molar-refractivity contribution in [3.63, 3.8) is 0 Å². The second-order valence-electron chi connectivity index (χ2n) is 3.46. The van der Waals surface area contributed by atoms with Crippen LogP contribution in [0.25, 0.3) is 0 Å². The Hall–Kier alpha value is -1.22. The molecule has 1 unspecified atom stereocenters. The Bertz CT molecular complexity index is 360. The molecule has 1 aliphatic carbocycles. The maximum Gasteiger partial charge on any atom is 0.181 e. The first-order valence-electron chi connectivity index (χ1n) is 4.45. The zero-order valence-electron chi connectivity index (χ0n) is 7.58. The Morgan fingerprint density at radius 2 is 2.31 bits per heavy atom. The van der Waals surface area contributed by atoms with Gasteiger partial charge in [-0.25, -0.2) is 0 Å². The van der Waals surface area contributed by atoms with E-state index >= 15 is 0 Å². The van der Waals surface area contributed by atoms with Crippen molar-refractivity contribution in [3.8, 4) is 0 Å². The summed E-state index contributed by atoms with van der Waals surface area (Å²) in [5.41, 5.74) is 8.24. The minimum Gasteiger partial charge on any atom is -0.321 e. The molecular formula is C10H12N2O. The highest BCUT2D eigenvalue weighted by molar-refractivity contribution is 6.01. The Morgan fingerprint density at radius 1 is 1.54 bits per heavy atom. The molecule has 0 saturated heterocycles. The molecule has 13 heavy (non-hydrogen) atoms. The molecule has 1 atom stereocenters. The molecule has 1 aromatic rings. The lowest BCUT2D eigenvalue weighted by Gasteiger charge is -2.19. The van der Waals surface area contributed by atoms with Gasteiger partial charge in [0, 0.05) is 11.3 Å². The van der Waals surface area contributed by atoms with Gasteiger partial charge < -0.3 is 5.73 Å². The van der Waals surface area contributed by atoms with Crippen molar-refractivity contribution in [3.05, 3.63) is 29.1 Å². The predicted molar refractivity (Wildman–Crippen MR) is 49.6 cm³/mol. The lowest BCUT2D eigenvalue weighted by molar-refractivity contribution is 0.0947. The summed E-state index contributed by atoms with van der Waals surface area (Å²) in [5.74, 6) is 0.0359. The molecule has 3 nitrogen and oxygen atoms in total. The zero-order chi connectivity index (χ0) is 9.42. The number of rotatable bonds is 0. The Morgan fingerprint density at radius 3 is 3.08 bits per heavy atom. The van der Waals surface area contributed by atoms with Gasteiger partial charge in [-0.1, -0.05) is 0 Å². The summed E-state index contributed by atoms with van der Waals surface area (Å²) in [4.78, 5) is 15.9. The number of hydrogen-bond donors (Lipinski definition) is 1. The minimum atomic E-state index is -0.322. The Balaban J connectivity index is 2.50. The highest BCUT2D eigenvalue weighted by atomic mass is 16.1. The van der Waals surface area contributed by atoms with Gasteiger partial charge in [0.1, 0.15) is 0 Å². The molecule has 0 spiro atoms. The Labute approximate surface area is 77.0 Å². The van der Waals surface area contributed by atoms with Crippen LogP contribution in [0.5, 0.6) is 0 Å². The number of Topliss-reactive ketones (excluding diaryl/α,β-unsaturated/α-hetero) is 1. The van der Waals surface area contributed by atoms with E-state index in [0.717, 1.165) is 24.2 Å². The van der Waals surface area contributed by atoms with Crippen LogP contribution in [0.2, 0.25) is 0 Å². The highest BCUT2D eigenvalue weighted by Crippen LogP contribution is 2.18. The van der Waals surface area contributed by atoms with Crippen LogP contribution in [0.3, 0.4) is 0 Å². The normalized spacial score (nSPS) is 21.4. The fourth-order valence-corrected chi connectivity index (χ4v) is 1.65. The van der Waals surface area contributed by atoms with E-state index in [2.05, 4.69) is 4.98 Å². The second kappa shape index (κ2) is 2.92. The van der Waals surface area contributed by atoms with Crippen LogP contribution in [-0.4, -0.2) is 16.8 Å². The number of nitrogens with zero attached hydrogens (tertiary/aromatic N) is 1. The van der Waals surface area contributed by atoms with Crippen molar-refractivity contribution >= 4 is 5.78 Å². The Kier molecular flexibility index (Phi) is 1.88. The second-order valence-corrected chi connectivity index (χ2v) is 3.46. The summed E-state index contributed by atoms with van der Waals surface area (Å²) in [6, 6.07) is 3.37. The summed E-state index contributed by atoms with van der Waals surface area (Å²) in [6.07, 6.45) is 1.55. The molecule has 0 aromatic carbocycles. The SMILES string of the molecule is Cc1ccc2c(n1)CCC(N)C2=O. The van der Waals surface area contributed by atoms with E-state index in [1.54, 1.807) is 0 Å². The number of nitrogens with two attached hydrogens (primary N) is 1. The van der Waals surface area contributed by atoms with Crippen LogP contribution >= 0.6 is 0 Å². The molecular weight excluding hydrogens is 164 g/mol. The number of fused-ring (bicyclic) bond motifs is 1. The molecule has 0 bridgehead atoms. The van der Waals surface area contributed by atoms with Crippen LogP contribution in [0.15, 0.2) is 12.1 Å². The third-order valence-corrected chi connectivity index (χ3v) is 2.41. The smallest absolute Gasteiger partial charge is 0.181 e. The van der Waals surface area contributed by atoms with E-state index in [1.807, 2.05) is 19.1 Å². The molecule has 1 heterocycles. The molecule has 0 radical (unpaired) electrons. The topological polar surface area (TPSA) is 56.0 Å². The summed E-state index contributed by atoms with van der Waals surface area (Å²) in [6.45, 7) is 1.93. The average molecular weight is 176 g/mol. The molecule has 3 heteroatoms. The fraction of sp³-hybridized carbons (Fsp3) is 0.400. The van der Waals surface area contributed by atoms with Crippen LogP contribution in [0, 0.1) is 6.92 Å². The largest absolute Gasteiger partial charge is 0.321 e. The number of aromatic nitrogens is 1. The maximum absolute atomic E-state index is 11.6. The van der Waals surface area contributed by atoms with Crippen LogP contribution in [-0.2, 0) is 6.42 Å². The van der Waals surface area contributed by atoms with Crippen LogP contribution in [0.1, 0.15) is 28.2 Å². The van der Waals surface area contributed by atoms with Gasteiger partial charge in [-0.3, -0.25) is 9.78 Å². The molecule has 0 saturated carbocycles. The molecule has 0 aliphatic heterocycles. The van der Waals surface area contributed by atoms with E-state index < -0.39 is 0 Å². The van der Waals surface area contributed by atoms with Crippen molar-refractivity contribution in [2.24, 2.45) is 5.73 Å². The fourth-order valence-electron chi connectivity index (χ4n) is 1.65. The van der Waals surface area contributed by atoms with E-state index in [0.29, 0.717) is 5.56 Å². The molecule has 0 fully saturated rings. The van der Waals surface area contributed by atoms with Gasteiger partial charge in [-0.05, 0) is 31.9 Å². The monoisotopic (exact) mass is 176 g/mol. The minimum absolute atomic E-state index is 0.0359. The van der Waals surface area contributed by atoms with Gasteiger partial charge in [0.2, 0.25) is 0 Å². The van der Waals surface area contributed by atoms with Crippen molar-refractivity contribution in [2.45, 2.75) is 25.8 Å². The quantitative estimate of drug-likeness (QED) is 0.637. The van der Waals surface area contributed by atoms with Gasteiger partial charge in [-0.15, -0.1) is 0 Å². The highest BCUT2D eigenvalue weighted by Gasteiger charge is 2.24. The van der Waals surface area contributed by atoms with Gasteiger partial charge in [-0.2, -0.15) is 0 Å². The zero-order valence-corrected chi connectivity index (χ0v) is 7.58. The number of carbonyl (C=O) groups excluding carboxylic acids is 1. The van der Waals surface area contributed by atoms with Crippen LogP contribution in [0.4, 0.5) is 0 Å². The third kappa shape index (κ3) is 1.35. The first-order valence-corrected chi connectivity index (χ1v) is 4.45. The van der Waals surface area contributed by atoms with E-state index in [-0.39, 0.29) is 11.8 Å². The molecule has 1 aromatic heterocycles. The molecule has 2 N–H and O–H groups in total. The predicted octanol–water partition coefficient (Wildman–Crippen LogP) is 0.846. The van der Waals surface area contributed by atoms with Crippen molar-refractivity contribution in [1.29, 1.82) is 0 Å². The van der Waals surface area contributed by atoms with Crippen LogP contribution < -0.4 is 5.73 Å². The molecule has 68 valence electrons. The summed E-state index contributed by atoms with van der Waals surface area (Å²) in [5, 5.41) is 0. The number of carbonyl (C=O) groups is 1. The van der Waals surface area contributed by atoms with Crippen molar-refractivity contribution in [2.75, 3.05) is 0 Å². The van der Waals surface area contributed by atoms with Gasteiger partial charge in [0.15, 0.2) is 5.78 Å². The number of pyridine rings is 1. The molecule has 2 rings (SSSR count). The van der Waals surface area contributed by atoms with E-state index in [1.165, 1.54) is 0 Å². The number of aryl methyl sites for hydroxylation is 2. The average Bonchev–Trinajstić information content (AvgIpc) is 2.12. The molecule has 0 amide bonds. The lowest BCUT2D eigenvalue weighted by Crippen LogP contribution is -2.35. The van der Waals surface area contributed by atoms with Gasteiger partial charge in [0.05, 0.1) is 11.7 Å². The molecule has 1 aliphatic rings. The number of ketones is 1. The standard InChI is InChI=1S/C10H12N2O/c1-6-2-3-7-9(12-6)5-4-8(11)10(7)13/h2-3,8H,4-5,11H2,1H3. The first kappa shape index (κ1) is 8.38. The maximum atomic E-state index is 11.6. The number of hydrogen-bond acceptors (Lipinski definition) is 3. The lowest BCUT2D eigenvalue weighted by atomic mass is 9.91. The van der Waals surface area contributed by atoms with E-state index in [9.17, 15) is 4.79 Å². The van der Waals surface area contributed by atoms with E-state index in [4.69, 9.17) is 5.73 Å². The van der Waals surface area contributed by atoms with Crippen molar-refractivity contribution < 1.29 is 4.79 Å². The van der Waals surface area contributed by atoms with Crippen molar-refractivity contribution in [1.82, 2.24) is 4.98 Å². The van der Waals surface area contributed by atoms with Gasteiger partial charge >= 0.3 is 0 Å².